The minimum atomic E-state index is -1.31. The maximum Gasteiger partial charge on any atom is 0.330 e. The second kappa shape index (κ2) is 7.57. The molecule has 4 nitrogen and oxygen atoms in total. The Morgan fingerprint density at radius 1 is 1.33 bits per heavy atom. The summed E-state index contributed by atoms with van der Waals surface area (Å²) in [5, 5.41) is 20.1. The Morgan fingerprint density at radius 3 is 2.67 bits per heavy atom. The first-order chi connectivity index (χ1) is 9.71. The largest absolute Gasteiger partial charge is 0.459 e. The Morgan fingerprint density at radius 2 is 2.00 bits per heavy atom. The minimum Gasteiger partial charge on any atom is -0.459 e. The number of esters is 1. The van der Waals surface area contributed by atoms with Crippen molar-refractivity contribution in [3.8, 4) is 0 Å². The summed E-state index contributed by atoms with van der Waals surface area (Å²) in [6.07, 6.45) is 8.34. The summed E-state index contributed by atoms with van der Waals surface area (Å²) in [5.74, 6) is -0.241. The first-order valence-corrected chi connectivity index (χ1v) is 7.37. The van der Waals surface area contributed by atoms with Crippen LogP contribution >= 0.6 is 0 Å². The van der Waals surface area contributed by atoms with Gasteiger partial charge in [0.15, 0.2) is 0 Å². The summed E-state index contributed by atoms with van der Waals surface area (Å²) in [6.45, 7) is 7.30. The third kappa shape index (κ3) is 6.27. The fraction of sp³-hybridized carbons (Fsp3) is 0.588. The molecule has 1 heterocycles. The molecular formula is C17H26O4. The number of cyclic esters (lactones) is 1. The summed E-state index contributed by atoms with van der Waals surface area (Å²) in [6, 6.07) is 0. The number of allylic oxidation sites excluding steroid dienone is 1. The molecule has 0 aromatic heterocycles. The summed E-state index contributed by atoms with van der Waals surface area (Å²) in [5.41, 5.74) is -0.459. The molecular weight excluding hydrogens is 268 g/mol. The van der Waals surface area contributed by atoms with Crippen molar-refractivity contribution >= 4 is 5.97 Å². The highest BCUT2D eigenvalue weighted by Crippen LogP contribution is 2.18. The average Bonchev–Trinajstić information content (AvgIpc) is 2.41. The highest BCUT2D eigenvalue weighted by Gasteiger charge is 2.18. The molecule has 4 heteroatoms. The van der Waals surface area contributed by atoms with Crippen molar-refractivity contribution in [2.75, 3.05) is 0 Å². The standard InChI is InChI=1S/C17H26O4/c1-12-6-5-7-13(2)15(18)8-10-17(4,20)11-9-16(19)21-14(12)3/h7-12,14-15,18,20H,5-6H2,1-4H3/b10-8?,11-9-,13-7+/t12-,14+,15-,17+/m0/s1. The number of rotatable bonds is 0. The molecule has 0 spiro atoms. The zero-order chi connectivity index (χ0) is 16.0. The summed E-state index contributed by atoms with van der Waals surface area (Å²) < 4.78 is 5.32. The molecule has 0 fully saturated rings. The summed E-state index contributed by atoms with van der Waals surface area (Å²) >= 11 is 0. The van der Waals surface area contributed by atoms with Crippen LogP contribution < -0.4 is 0 Å². The van der Waals surface area contributed by atoms with Crippen molar-refractivity contribution in [3.63, 3.8) is 0 Å². The van der Waals surface area contributed by atoms with Crippen LogP contribution in [-0.2, 0) is 9.53 Å². The lowest BCUT2D eigenvalue weighted by Crippen LogP contribution is -2.23. The molecule has 2 N–H and O–H groups in total. The number of aliphatic hydroxyl groups excluding tert-OH is 1. The van der Waals surface area contributed by atoms with E-state index in [1.165, 1.54) is 31.2 Å². The SMILES string of the molecule is C/C1=C\CC[C@H](C)[C@@H](C)OC(=O)/C=C\[C@](C)(O)C=C[C@@H]1O. The Bertz CT molecular complexity index is 446. The van der Waals surface area contributed by atoms with Crippen molar-refractivity contribution in [2.24, 2.45) is 5.92 Å². The molecule has 0 amide bonds. The third-order valence-electron chi connectivity index (χ3n) is 3.83. The first kappa shape index (κ1) is 17.7. The fourth-order valence-electron chi connectivity index (χ4n) is 2.00. The Kier molecular flexibility index (Phi) is 6.37. The molecule has 1 aliphatic heterocycles. The predicted octanol–water partition coefficient (Wildman–Crippen LogP) is 2.52. The molecule has 118 valence electrons. The van der Waals surface area contributed by atoms with Crippen LogP contribution in [0.5, 0.6) is 0 Å². The van der Waals surface area contributed by atoms with Crippen molar-refractivity contribution in [1.29, 1.82) is 0 Å². The number of hydrogen-bond acceptors (Lipinski definition) is 4. The van der Waals surface area contributed by atoms with Crippen LogP contribution in [0.1, 0.15) is 40.5 Å². The molecule has 0 unspecified atom stereocenters. The van der Waals surface area contributed by atoms with E-state index in [1.807, 2.05) is 26.8 Å². The van der Waals surface area contributed by atoms with Gasteiger partial charge in [0.2, 0.25) is 0 Å². The molecule has 1 aliphatic rings. The maximum atomic E-state index is 11.7. The van der Waals surface area contributed by atoms with E-state index in [1.54, 1.807) is 0 Å². The van der Waals surface area contributed by atoms with Crippen molar-refractivity contribution in [2.45, 2.75) is 58.3 Å². The number of aliphatic hydroxyl groups is 2. The zero-order valence-corrected chi connectivity index (χ0v) is 13.2. The van der Waals surface area contributed by atoms with E-state index in [9.17, 15) is 15.0 Å². The minimum absolute atomic E-state index is 0.191. The van der Waals surface area contributed by atoms with E-state index < -0.39 is 17.7 Å². The van der Waals surface area contributed by atoms with Crippen LogP contribution in [0.25, 0.3) is 0 Å². The van der Waals surface area contributed by atoms with E-state index in [4.69, 9.17) is 4.74 Å². The molecule has 0 aliphatic carbocycles. The van der Waals surface area contributed by atoms with Crippen molar-refractivity contribution in [1.82, 2.24) is 0 Å². The Balaban J connectivity index is 2.99. The lowest BCUT2D eigenvalue weighted by Gasteiger charge is -2.20. The van der Waals surface area contributed by atoms with Crippen LogP contribution in [0.15, 0.2) is 36.0 Å². The van der Waals surface area contributed by atoms with Gasteiger partial charge in [-0.05, 0) is 51.2 Å². The summed E-state index contributed by atoms with van der Waals surface area (Å²) in [4.78, 5) is 11.7. The van der Waals surface area contributed by atoms with Gasteiger partial charge >= 0.3 is 5.97 Å². The van der Waals surface area contributed by atoms with Crippen LogP contribution in [0, 0.1) is 5.92 Å². The Labute approximate surface area is 126 Å². The van der Waals surface area contributed by atoms with Gasteiger partial charge in [-0.25, -0.2) is 4.79 Å². The number of carbonyl (C=O) groups is 1. The van der Waals surface area contributed by atoms with Crippen LogP contribution in [0.2, 0.25) is 0 Å². The van der Waals surface area contributed by atoms with Gasteiger partial charge in [0.25, 0.3) is 0 Å². The first-order valence-electron chi connectivity index (χ1n) is 7.37. The highest BCUT2D eigenvalue weighted by molar-refractivity contribution is 5.82. The summed E-state index contributed by atoms with van der Waals surface area (Å²) in [7, 11) is 0. The molecule has 0 saturated heterocycles. The van der Waals surface area contributed by atoms with Crippen LogP contribution in [-0.4, -0.2) is 34.0 Å². The average molecular weight is 294 g/mol. The monoisotopic (exact) mass is 294 g/mol. The maximum absolute atomic E-state index is 11.7. The van der Waals surface area contributed by atoms with Crippen LogP contribution in [0.3, 0.4) is 0 Å². The van der Waals surface area contributed by atoms with Gasteiger partial charge in [0.05, 0.1) is 11.7 Å². The second-order valence-corrected chi connectivity index (χ2v) is 6.01. The molecule has 1 rings (SSSR count). The molecule has 0 radical (unpaired) electrons. The smallest absolute Gasteiger partial charge is 0.330 e. The lowest BCUT2D eigenvalue weighted by atomic mass is 9.97. The van der Waals surface area contributed by atoms with Gasteiger partial charge < -0.3 is 14.9 Å². The number of carbonyl (C=O) groups excluding carboxylic acids is 1. The molecule has 0 aromatic carbocycles. The second-order valence-electron chi connectivity index (χ2n) is 6.01. The fourth-order valence-corrected chi connectivity index (χ4v) is 2.00. The van der Waals surface area contributed by atoms with E-state index >= 15 is 0 Å². The van der Waals surface area contributed by atoms with E-state index in [0.717, 1.165) is 18.4 Å². The molecule has 21 heavy (non-hydrogen) atoms. The lowest BCUT2D eigenvalue weighted by molar-refractivity contribution is -0.144. The van der Waals surface area contributed by atoms with E-state index in [-0.39, 0.29) is 12.0 Å². The van der Waals surface area contributed by atoms with Crippen molar-refractivity contribution in [3.05, 3.63) is 36.0 Å². The molecule has 0 bridgehead atoms. The van der Waals surface area contributed by atoms with Gasteiger partial charge in [0, 0.05) is 6.08 Å². The van der Waals surface area contributed by atoms with Gasteiger partial charge in [-0.15, -0.1) is 0 Å². The quantitative estimate of drug-likeness (QED) is 0.532. The molecule has 4 atom stereocenters. The van der Waals surface area contributed by atoms with Gasteiger partial charge in [-0.2, -0.15) is 0 Å². The predicted molar refractivity (Wildman–Crippen MR) is 82.6 cm³/mol. The molecule has 0 aromatic rings. The van der Waals surface area contributed by atoms with E-state index in [0.29, 0.717) is 0 Å². The highest BCUT2D eigenvalue weighted by atomic mass is 16.5. The van der Waals surface area contributed by atoms with Crippen molar-refractivity contribution < 1.29 is 19.7 Å². The number of ether oxygens (including phenoxy) is 1. The Hall–Kier alpha value is -1.39. The topological polar surface area (TPSA) is 66.8 Å². The van der Waals surface area contributed by atoms with Crippen LogP contribution in [0.4, 0.5) is 0 Å². The van der Waals surface area contributed by atoms with E-state index in [2.05, 4.69) is 0 Å². The van der Waals surface area contributed by atoms with Gasteiger partial charge in [0.1, 0.15) is 6.10 Å². The normalized spacial score (nSPS) is 39.8. The van der Waals surface area contributed by atoms with Gasteiger partial charge in [-0.1, -0.05) is 25.2 Å². The van der Waals surface area contributed by atoms with Gasteiger partial charge in [-0.3, -0.25) is 0 Å². The molecule has 0 saturated carbocycles. The third-order valence-corrected chi connectivity index (χ3v) is 3.83. The zero-order valence-electron chi connectivity index (χ0n) is 13.2. The number of hydrogen-bond donors (Lipinski definition) is 2.